The molecule has 0 radical (unpaired) electrons. The zero-order valence-electron chi connectivity index (χ0n) is 9.30. The molecule has 88 valence electrons. The molecule has 2 N–H and O–H groups in total. The van der Waals surface area contributed by atoms with E-state index in [1.165, 1.54) is 0 Å². The number of nitrogens with zero attached hydrogens (tertiary/aromatic N) is 1. The number of aromatic nitrogens is 1. The normalized spacial score (nSPS) is 10.2. The van der Waals surface area contributed by atoms with Crippen molar-refractivity contribution in [2.75, 3.05) is 5.32 Å². The van der Waals surface area contributed by atoms with E-state index in [-0.39, 0.29) is 18.1 Å². The standard InChI is InChI=1S/C12H12N2O3/c1-8-6-11(14-17-8)13-12(16)7-9-2-4-10(15)5-3-9/h2-6,15H,7H2,1H3,(H,13,14,16). The van der Waals surface area contributed by atoms with Gasteiger partial charge in [-0.25, -0.2) is 0 Å². The Kier molecular flexibility index (Phi) is 3.09. The van der Waals surface area contributed by atoms with Gasteiger partial charge in [-0.2, -0.15) is 0 Å². The van der Waals surface area contributed by atoms with Gasteiger partial charge >= 0.3 is 0 Å². The number of rotatable bonds is 3. The number of anilines is 1. The summed E-state index contributed by atoms with van der Waals surface area (Å²) in [6.45, 7) is 1.75. The van der Waals surface area contributed by atoms with Crippen LogP contribution >= 0.6 is 0 Å². The molecule has 0 aliphatic rings. The summed E-state index contributed by atoms with van der Waals surface area (Å²) in [4.78, 5) is 11.6. The lowest BCUT2D eigenvalue weighted by Gasteiger charge is -2.01. The Labute approximate surface area is 98.1 Å². The van der Waals surface area contributed by atoms with Gasteiger partial charge in [-0.05, 0) is 24.6 Å². The maximum Gasteiger partial charge on any atom is 0.230 e. The van der Waals surface area contributed by atoms with Crippen molar-refractivity contribution in [2.45, 2.75) is 13.3 Å². The smallest absolute Gasteiger partial charge is 0.230 e. The summed E-state index contributed by atoms with van der Waals surface area (Å²) >= 11 is 0. The molecule has 5 nitrogen and oxygen atoms in total. The lowest BCUT2D eigenvalue weighted by atomic mass is 10.1. The Morgan fingerprint density at radius 2 is 2.12 bits per heavy atom. The van der Waals surface area contributed by atoms with Crippen LogP contribution in [0.25, 0.3) is 0 Å². The second-order valence-corrected chi connectivity index (χ2v) is 3.71. The van der Waals surface area contributed by atoms with Crippen molar-refractivity contribution in [3.63, 3.8) is 0 Å². The van der Waals surface area contributed by atoms with Crippen LogP contribution in [0.4, 0.5) is 5.82 Å². The molecular formula is C12H12N2O3. The lowest BCUT2D eigenvalue weighted by molar-refractivity contribution is -0.115. The highest BCUT2D eigenvalue weighted by Gasteiger charge is 2.07. The highest BCUT2D eigenvalue weighted by molar-refractivity contribution is 5.91. The average molecular weight is 232 g/mol. The minimum Gasteiger partial charge on any atom is -0.508 e. The minimum absolute atomic E-state index is 0.177. The fourth-order valence-corrected chi connectivity index (χ4v) is 1.41. The Hall–Kier alpha value is -2.30. The second kappa shape index (κ2) is 4.69. The van der Waals surface area contributed by atoms with Crippen molar-refractivity contribution in [3.8, 4) is 5.75 Å². The fraction of sp³-hybridized carbons (Fsp3) is 0.167. The maximum absolute atomic E-state index is 11.6. The molecule has 2 aromatic rings. The van der Waals surface area contributed by atoms with E-state index in [1.807, 2.05) is 0 Å². The summed E-state index contributed by atoms with van der Waals surface area (Å²) in [6, 6.07) is 8.13. The highest BCUT2D eigenvalue weighted by Crippen LogP contribution is 2.11. The Bertz CT molecular complexity index is 517. The number of hydrogen-bond acceptors (Lipinski definition) is 4. The molecule has 0 fully saturated rings. The second-order valence-electron chi connectivity index (χ2n) is 3.71. The summed E-state index contributed by atoms with van der Waals surface area (Å²) in [7, 11) is 0. The molecule has 1 amide bonds. The van der Waals surface area contributed by atoms with Crippen LogP contribution in [0.1, 0.15) is 11.3 Å². The first kappa shape index (κ1) is 11.2. The molecule has 0 aliphatic carbocycles. The van der Waals surface area contributed by atoms with Crippen LogP contribution in [-0.2, 0) is 11.2 Å². The van der Waals surface area contributed by atoms with E-state index in [9.17, 15) is 4.79 Å². The monoisotopic (exact) mass is 232 g/mol. The van der Waals surface area contributed by atoms with Gasteiger partial charge in [0.1, 0.15) is 11.5 Å². The summed E-state index contributed by atoms with van der Waals surface area (Å²) < 4.78 is 4.83. The number of benzene rings is 1. The summed E-state index contributed by atoms with van der Waals surface area (Å²) in [5.41, 5.74) is 0.820. The quantitative estimate of drug-likeness (QED) is 0.847. The predicted octanol–water partition coefficient (Wildman–Crippen LogP) is 1.87. The van der Waals surface area contributed by atoms with E-state index >= 15 is 0 Å². The summed E-state index contributed by atoms with van der Waals surface area (Å²) in [6.07, 6.45) is 0.228. The first-order valence-electron chi connectivity index (χ1n) is 5.14. The number of aryl methyl sites for hydroxylation is 1. The number of carbonyl (C=O) groups is 1. The molecule has 0 bridgehead atoms. The third-order valence-electron chi connectivity index (χ3n) is 2.20. The number of carbonyl (C=O) groups excluding carboxylic acids is 1. The van der Waals surface area contributed by atoms with Gasteiger partial charge in [-0.15, -0.1) is 0 Å². The van der Waals surface area contributed by atoms with Gasteiger partial charge in [0, 0.05) is 6.07 Å². The van der Waals surface area contributed by atoms with Gasteiger partial charge in [0.05, 0.1) is 6.42 Å². The van der Waals surface area contributed by atoms with Crippen molar-refractivity contribution in [3.05, 3.63) is 41.7 Å². The van der Waals surface area contributed by atoms with Crippen LogP contribution < -0.4 is 5.32 Å². The predicted molar refractivity (Wildman–Crippen MR) is 61.7 cm³/mol. The van der Waals surface area contributed by atoms with E-state index in [0.717, 1.165) is 5.56 Å². The van der Waals surface area contributed by atoms with E-state index in [1.54, 1.807) is 37.3 Å². The van der Waals surface area contributed by atoms with Crippen molar-refractivity contribution < 1.29 is 14.4 Å². The maximum atomic E-state index is 11.6. The van der Waals surface area contributed by atoms with Gasteiger partial charge < -0.3 is 14.9 Å². The van der Waals surface area contributed by atoms with Crippen LogP contribution in [0, 0.1) is 6.92 Å². The van der Waals surface area contributed by atoms with Crippen LogP contribution in [0.3, 0.4) is 0 Å². The van der Waals surface area contributed by atoms with E-state index in [0.29, 0.717) is 11.6 Å². The topological polar surface area (TPSA) is 75.4 Å². The van der Waals surface area contributed by atoms with Gasteiger partial charge in [-0.1, -0.05) is 17.3 Å². The lowest BCUT2D eigenvalue weighted by Crippen LogP contribution is -2.14. The summed E-state index contributed by atoms with van der Waals surface area (Å²) in [5.74, 6) is 1.06. The van der Waals surface area contributed by atoms with Gasteiger partial charge in [0.2, 0.25) is 5.91 Å². The Morgan fingerprint density at radius 1 is 1.41 bits per heavy atom. The average Bonchev–Trinajstić information content (AvgIpc) is 2.67. The first-order valence-corrected chi connectivity index (χ1v) is 5.14. The zero-order valence-corrected chi connectivity index (χ0v) is 9.30. The minimum atomic E-state index is -0.177. The fourth-order valence-electron chi connectivity index (χ4n) is 1.41. The molecule has 0 unspecified atom stereocenters. The number of amides is 1. The Balaban J connectivity index is 1.95. The van der Waals surface area contributed by atoms with E-state index in [4.69, 9.17) is 9.63 Å². The number of hydrogen-bond donors (Lipinski definition) is 2. The molecule has 5 heteroatoms. The van der Waals surface area contributed by atoms with Gasteiger partial charge in [0.15, 0.2) is 5.82 Å². The molecule has 1 aromatic heterocycles. The van der Waals surface area contributed by atoms with Crippen LogP contribution in [0.15, 0.2) is 34.9 Å². The first-order chi connectivity index (χ1) is 8.13. The van der Waals surface area contributed by atoms with E-state index < -0.39 is 0 Å². The molecule has 2 rings (SSSR count). The van der Waals surface area contributed by atoms with Crippen molar-refractivity contribution in [1.29, 1.82) is 0 Å². The zero-order chi connectivity index (χ0) is 12.3. The molecule has 0 aliphatic heterocycles. The number of nitrogens with one attached hydrogen (secondary N) is 1. The summed E-state index contributed by atoms with van der Waals surface area (Å²) in [5, 5.41) is 15.4. The largest absolute Gasteiger partial charge is 0.508 e. The molecule has 1 heterocycles. The SMILES string of the molecule is Cc1cc(NC(=O)Cc2ccc(O)cc2)no1. The number of aromatic hydroxyl groups is 1. The third-order valence-corrected chi connectivity index (χ3v) is 2.20. The van der Waals surface area contributed by atoms with Crippen molar-refractivity contribution >= 4 is 11.7 Å². The third kappa shape index (κ3) is 3.07. The van der Waals surface area contributed by atoms with Crippen LogP contribution in [0.2, 0.25) is 0 Å². The molecule has 0 saturated carbocycles. The number of phenols is 1. The molecular weight excluding hydrogens is 220 g/mol. The molecule has 0 spiro atoms. The highest BCUT2D eigenvalue weighted by atomic mass is 16.5. The van der Waals surface area contributed by atoms with Crippen molar-refractivity contribution in [2.24, 2.45) is 0 Å². The molecule has 1 aromatic carbocycles. The van der Waals surface area contributed by atoms with Gasteiger partial charge in [0.25, 0.3) is 0 Å². The molecule has 0 saturated heterocycles. The Morgan fingerprint density at radius 3 is 2.71 bits per heavy atom. The van der Waals surface area contributed by atoms with Crippen LogP contribution in [-0.4, -0.2) is 16.2 Å². The van der Waals surface area contributed by atoms with Crippen LogP contribution in [0.5, 0.6) is 5.75 Å². The molecule has 17 heavy (non-hydrogen) atoms. The van der Waals surface area contributed by atoms with E-state index in [2.05, 4.69) is 10.5 Å². The van der Waals surface area contributed by atoms with Crippen molar-refractivity contribution in [1.82, 2.24) is 5.16 Å². The number of phenolic OH excluding ortho intramolecular Hbond substituents is 1. The van der Waals surface area contributed by atoms with Gasteiger partial charge in [-0.3, -0.25) is 4.79 Å². The molecule has 0 atom stereocenters.